The molecule has 0 aliphatic rings. The Labute approximate surface area is 127 Å². The molecule has 0 atom stereocenters. The number of phosphoric acid groups is 2. The van der Waals surface area contributed by atoms with E-state index in [4.69, 9.17) is 22.4 Å². The van der Waals surface area contributed by atoms with Gasteiger partial charge in [0, 0.05) is 0 Å². The average molecular weight is 346 g/mol. The van der Waals surface area contributed by atoms with Gasteiger partial charge < -0.3 is 0 Å². The zero-order valence-corrected chi connectivity index (χ0v) is 15.2. The first-order chi connectivity index (χ1) is 9.95. The van der Waals surface area contributed by atoms with Gasteiger partial charge in [-0.15, -0.1) is 0 Å². The standard InChI is InChI=1S/C12H28O7P2/c1-5-9-11-17-21(14,18-12-10-6-2)19-20(13,15-7-3)16-8-4/h5-12H2,1-4H3. The van der Waals surface area contributed by atoms with E-state index in [0.29, 0.717) is 12.8 Å². The van der Waals surface area contributed by atoms with Gasteiger partial charge in [0.1, 0.15) is 0 Å². The van der Waals surface area contributed by atoms with Gasteiger partial charge in [0.05, 0.1) is 26.4 Å². The molecule has 0 aliphatic heterocycles. The van der Waals surface area contributed by atoms with Crippen LogP contribution in [0.2, 0.25) is 0 Å². The van der Waals surface area contributed by atoms with Crippen molar-refractivity contribution >= 4 is 15.6 Å². The lowest BCUT2D eigenvalue weighted by atomic mass is 10.4. The van der Waals surface area contributed by atoms with E-state index in [1.165, 1.54) is 0 Å². The van der Waals surface area contributed by atoms with Crippen molar-refractivity contribution in [2.45, 2.75) is 53.4 Å². The number of hydrogen-bond acceptors (Lipinski definition) is 7. The maximum absolute atomic E-state index is 12.5. The van der Waals surface area contributed by atoms with Crippen LogP contribution in [0.4, 0.5) is 0 Å². The van der Waals surface area contributed by atoms with Gasteiger partial charge in [-0.3, -0.25) is 18.1 Å². The summed E-state index contributed by atoms with van der Waals surface area (Å²) < 4.78 is 50.1. The monoisotopic (exact) mass is 346 g/mol. The van der Waals surface area contributed by atoms with Crippen LogP contribution in [0, 0.1) is 0 Å². The van der Waals surface area contributed by atoms with Gasteiger partial charge in [0.15, 0.2) is 0 Å². The van der Waals surface area contributed by atoms with Crippen LogP contribution in [0.3, 0.4) is 0 Å². The van der Waals surface area contributed by atoms with Crippen molar-refractivity contribution in [3.05, 3.63) is 0 Å². The lowest BCUT2D eigenvalue weighted by molar-refractivity contribution is 0.112. The Balaban J connectivity index is 4.82. The molecule has 0 bridgehead atoms. The Hall–Kier alpha value is 0.260. The predicted octanol–water partition coefficient (Wildman–Crippen LogP) is 4.93. The Morgan fingerprint density at radius 1 is 0.667 bits per heavy atom. The molecule has 0 N–H and O–H groups in total. The molecule has 0 aromatic carbocycles. The summed E-state index contributed by atoms with van der Waals surface area (Å²) in [6.07, 6.45) is 3.11. The van der Waals surface area contributed by atoms with Crippen LogP contribution in [0.15, 0.2) is 0 Å². The van der Waals surface area contributed by atoms with Crippen LogP contribution in [0.5, 0.6) is 0 Å². The fourth-order valence-electron chi connectivity index (χ4n) is 1.25. The van der Waals surface area contributed by atoms with E-state index in [1.807, 2.05) is 13.8 Å². The van der Waals surface area contributed by atoms with E-state index in [2.05, 4.69) is 0 Å². The summed E-state index contributed by atoms with van der Waals surface area (Å²) in [5.41, 5.74) is 0. The summed E-state index contributed by atoms with van der Waals surface area (Å²) in [7, 11) is -7.92. The van der Waals surface area contributed by atoms with Crippen molar-refractivity contribution in [3.8, 4) is 0 Å². The third kappa shape index (κ3) is 9.80. The molecule has 0 heterocycles. The van der Waals surface area contributed by atoms with Crippen LogP contribution in [0.25, 0.3) is 0 Å². The Morgan fingerprint density at radius 3 is 1.38 bits per heavy atom. The first-order valence-electron chi connectivity index (χ1n) is 7.44. The molecule has 0 saturated carbocycles. The summed E-state index contributed by atoms with van der Waals surface area (Å²) in [4.78, 5) is 0. The molecule has 0 aromatic heterocycles. The fourth-order valence-corrected chi connectivity index (χ4v) is 4.47. The molecule has 7 nitrogen and oxygen atoms in total. The normalized spacial score (nSPS) is 12.8. The average Bonchev–Trinajstić information content (AvgIpc) is 2.39. The highest BCUT2D eigenvalue weighted by Crippen LogP contribution is 2.66. The largest absolute Gasteiger partial charge is 0.483 e. The fraction of sp³-hybridized carbons (Fsp3) is 1.00. The van der Waals surface area contributed by atoms with Crippen LogP contribution in [-0.4, -0.2) is 26.4 Å². The molecule has 21 heavy (non-hydrogen) atoms. The molecular weight excluding hydrogens is 318 g/mol. The van der Waals surface area contributed by atoms with Gasteiger partial charge in [0.25, 0.3) is 0 Å². The third-order valence-corrected chi connectivity index (χ3v) is 6.02. The van der Waals surface area contributed by atoms with E-state index in [0.717, 1.165) is 12.8 Å². The highest BCUT2D eigenvalue weighted by atomic mass is 31.3. The molecule has 128 valence electrons. The molecule has 0 aromatic rings. The molecule has 0 radical (unpaired) electrons. The SMILES string of the molecule is CCCCOP(=O)(OCCCC)OP(=O)(OCC)OCC. The molecule has 9 heteroatoms. The molecule has 0 amide bonds. The van der Waals surface area contributed by atoms with Gasteiger partial charge >= 0.3 is 15.6 Å². The van der Waals surface area contributed by atoms with Crippen molar-refractivity contribution in [2.24, 2.45) is 0 Å². The smallest absolute Gasteiger partial charge is 0.287 e. The summed E-state index contributed by atoms with van der Waals surface area (Å²) in [5.74, 6) is 0. The summed E-state index contributed by atoms with van der Waals surface area (Å²) in [6.45, 7) is 7.79. The minimum atomic E-state index is -3.97. The highest BCUT2D eigenvalue weighted by Gasteiger charge is 2.40. The molecular formula is C12H28O7P2. The van der Waals surface area contributed by atoms with E-state index in [1.54, 1.807) is 13.8 Å². The number of unbranched alkanes of at least 4 members (excludes halogenated alkanes) is 2. The lowest BCUT2D eigenvalue weighted by Gasteiger charge is -2.22. The third-order valence-electron chi connectivity index (χ3n) is 2.27. The van der Waals surface area contributed by atoms with Crippen molar-refractivity contribution in [1.82, 2.24) is 0 Å². The van der Waals surface area contributed by atoms with Crippen molar-refractivity contribution in [2.75, 3.05) is 26.4 Å². The summed E-state index contributed by atoms with van der Waals surface area (Å²) >= 11 is 0. The van der Waals surface area contributed by atoms with Gasteiger partial charge in [-0.05, 0) is 26.7 Å². The molecule has 0 fully saturated rings. The zero-order valence-electron chi connectivity index (χ0n) is 13.4. The topological polar surface area (TPSA) is 80.3 Å². The Kier molecular flexibility index (Phi) is 11.9. The number of phosphoric ester groups is 2. The first kappa shape index (κ1) is 21.3. The van der Waals surface area contributed by atoms with Crippen LogP contribution in [0.1, 0.15) is 53.4 Å². The van der Waals surface area contributed by atoms with Gasteiger partial charge in [-0.2, -0.15) is 4.31 Å². The number of rotatable bonds is 14. The van der Waals surface area contributed by atoms with E-state index in [9.17, 15) is 9.13 Å². The van der Waals surface area contributed by atoms with Crippen LogP contribution < -0.4 is 0 Å². The number of hydrogen-bond donors (Lipinski definition) is 0. The van der Waals surface area contributed by atoms with Gasteiger partial charge in [0.2, 0.25) is 0 Å². The van der Waals surface area contributed by atoms with E-state index in [-0.39, 0.29) is 26.4 Å². The first-order valence-corrected chi connectivity index (χ1v) is 10.4. The molecule has 0 rings (SSSR count). The van der Waals surface area contributed by atoms with Crippen molar-refractivity contribution in [3.63, 3.8) is 0 Å². The van der Waals surface area contributed by atoms with Crippen molar-refractivity contribution in [1.29, 1.82) is 0 Å². The quantitative estimate of drug-likeness (QED) is 0.326. The van der Waals surface area contributed by atoms with E-state index < -0.39 is 15.6 Å². The van der Waals surface area contributed by atoms with Crippen LogP contribution >= 0.6 is 15.6 Å². The maximum Gasteiger partial charge on any atom is 0.483 e. The summed E-state index contributed by atoms with van der Waals surface area (Å²) in [5, 5.41) is 0. The minimum Gasteiger partial charge on any atom is -0.287 e. The van der Waals surface area contributed by atoms with Crippen molar-refractivity contribution < 1.29 is 31.5 Å². The molecule has 0 spiro atoms. The molecule has 0 saturated heterocycles. The Bertz CT molecular complexity index is 324. The van der Waals surface area contributed by atoms with Gasteiger partial charge in [-0.1, -0.05) is 26.7 Å². The van der Waals surface area contributed by atoms with E-state index >= 15 is 0 Å². The minimum absolute atomic E-state index is 0.0984. The second kappa shape index (κ2) is 11.8. The van der Waals surface area contributed by atoms with Crippen LogP contribution in [-0.2, 0) is 31.5 Å². The maximum atomic E-state index is 12.5. The predicted molar refractivity (Wildman–Crippen MR) is 81.3 cm³/mol. The Morgan fingerprint density at radius 2 is 1.05 bits per heavy atom. The van der Waals surface area contributed by atoms with Gasteiger partial charge in [-0.25, -0.2) is 9.13 Å². The zero-order chi connectivity index (χ0) is 16.2. The summed E-state index contributed by atoms with van der Waals surface area (Å²) in [6, 6.07) is 0. The lowest BCUT2D eigenvalue weighted by Crippen LogP contribution is -2.05. The molecule has 0 aliphatic carbocycles. The second-order valence-corrected chi connectivity index (χ2v) is 7.66. The highest BCUT2D eigenvalue weighted by molar-refractivity contribution is 7.62. The molecule has 0 unspecified atom stereocenters. The second-order valence-electron chi connectivity index (χ2n) is 4.19.